The van der Waals surface area contributed by atoms with Gasteiger partial charge >= 0.3 is 0 Å². The third-order valence-corrected chi connectivity index (χ3v) is 2.73. The van der Waals surface area contributed by atoms with Crippen LogP contribution in [0.25, 0.3) is 22.5 Å². The van der Waals surface area contributed by atoms with E-state index in [4.69, 9.17) is 0 Å². The molecule has 18 heavy (non-hydrogen) atoms. The smallest absolute Gasteiger partial charge is 0.0950 e. The summed E-state index contributed by atoms with van der Waals surface area (Å²) in [5, 5.41) is 0. The summed E-state index contributed by atoms with van der Waals surface area (Å²) in [6, 6.07) is 12.3. The van der Waals surface area contributed by atoms with Crippen molar-refractivity contribution < 1.29 is 21.1 Å². The van der Waals surface area contributed by atoms with Crippen LogP contribution in [0, 0.1) is 0 Å². The summed E-state index contributed by atoms with van der Waals surface area (Å²) in [4.78, 5) is 8.75. The zero-order chi connectivity index (χ0) is 11.7. The van der Waals surface area contributed by atoms with E-state index in [1.54, 1.807) is 6.33 Å². The van der Waals surface area contributed by atoms with Crippen LogP contribution in [0.4, 0.5) is 0 Å². The van der Waals surface area contributed by atoms with Crippen molar-refractivity contribution in [2.24, 2.45) is 7.05 Å². The third-order valence-electron chi connectivity index (χ3n) is 2.73. The number of nitrogens with zero attached hydrogens (tertiary/aromatic N) is 3. The molecular formula is C14H12N3Pt-. The van der Waals surface area contributed by atoms with Crippen molar-refractivity contribution >= 4 is 0 Å². The van der Waals surface area contributed by atoms with Crippen molar-refractivity contribution in [1.82, 2.24) is 14.5 Å². The minimum atomic E-state index is 0. The van der Waals surface area contributed by atoms with Gasteiger partial charge in [-0.15, -0.1) is 5.69 Å². The van der Waals surface area contributed by atoms with Gasteiger partial charge in [0.2, 0.25) is 0 Å². The standard InChI is InChI=1S/C14H12N3.Pt/c1-17-9-13(16-10-17)14-12(7-8-15-14)11-5-3-2-4-6-11;/h2-10H,1H3;/q-1;. The largest absolute Gasteiger partial charge is 0.662 e. The van der Waals surface area contributed by atoms with Gasteiger partial charge in [0, 0.05) is 34.3 Å². The van der Waals surface area contributed by atoms with Crippen LogP contribution in [-0.4, -0.2) is 9.55 Å². The van der Waals surface area contributed by atoms with E-state index in [0.29, 0.717) is 0 Å². The van der Waals surface area contributed by atoms with Crippen LogP contribution in [0.2, 0.25) is 0 Å². The summed E-state index contributed by atoms with van der Waals surface area (Å²) in [5.74, 6) is 0. The first-order valence-electron chi connectivity index (χ1n) is 5.50. The molecule has 4 heteroatoms. The SMILES string of the molecule is Cn1cnc(-c2[n-]ccc2-c2ccccc2)c1.[Pt]. The van der Waals surface area contributed by atoms with Crippen LogP contribution in [0.1, 0.15) is 0 Å². The molecule has 0 amide bonds. The first-order valence-corrected chi connectivity index (χ1v) is 5.50. The van der Waals surface area contributed by atoms with E-state index >= 15 is 0 Å². The van der Waals surface area contributed by atoms with E-state index in [0.717, 1.165) is 17.0 Å². The number of rotatable bonds is 2. The number of hydrogen-bond acceptors (Lipinski definition) is 1. The minimum Gasteiger partial charge on any atom is -0.662 e. The molecule has 3 rings (SSSR count). The van der Waals surface area contributed by atoms with Crippen molar-refractivity contribution in [2.45, 2.75) is 0 Å². The Bertz CT molecular complexity index is 625. The van der Waals surface area contributed by atoms with Crippen molar-refractivity contribution in [3.63, 3.8) is 0 Å². The Morgan fingerprint density at radius 3 is 2.56 bits per heavy atom. The van der Waals surface area contributed by atoms with Gasteiger partial charge in [0.05, 0.1) is 12.0 Å². The average Bonchev–Trinajstić information content (AvgIpc) is 2.98. The van der Waals surface area contributed by atoms with Gasteiger partial charge in [0.1, 0.15) is 0 Å². The van der Waals surface area contributed by atoms with Gasteiger partial charge in [0.25, 0.3) is 0 Å². The molecule has 0 fully saturated rings. The molecule has 0 radical (unpaired) electrons. The van der Waals surface area contributed by atoms with E-state index in [1.807, 2.05) is 48.3 Å². The second kappa shape index (κ2) is 5.36. The molecule has 3 nitrogen and oxygen atoms in total. The molecule has 0 saturated carbocycles. The van der Waals surface area contributed by atoms with E-state index < -0.39 is 0 Å². The molecule has 0 spiro atoms. The Labute approximate surface area is 120 Å². The third kappa shape index (κ3) is 2.32. The quantitative estimate of drug-likeness (QED) is 0.642. The van der Waals surface area contributed by atoms with E-state index in [9.17, 15) is 0 Å². The van der Waals surface area contributed by atoms with Crippen LogP contribution < -0.4 is 4.98 Å². The van der Waals surface area contributed by atoms with Crippen LogP contribution in [0.15, 0.2) is 55.1 Å². The van der Waals surface area contributed by atoms with Crippen LogP contribution in [0.5, 0.6) is 0 Å². The number of imidazole rings is 1. The molecule has 2 heterocycles. The van der Waals surface area contributed by atoms with Gasteiger partial charge in [-0.1, -0.05) is 36.4 Å². The zero-order valence-corrected chi connectivity index (χ0v) is 12.1. The number of aryl methyl sites for hydroxylation is 1. The predicted octanol–water partition coefficient (Wildman–Crippen LogP) is 2.71. The van der Waals surface area contributed by atoms with Crippen LogP contribution in [-0.2, 0) is 28.1 Å². The molecule has 0 N–H and O–H groups in total. The number of aromatic nitrogens is 3. The second-order valence-electron chi connectivity index (χ2n) is 4.00. The normalized spacial score (nSPS) is 10.1. The maximum Gasteiger partial charge on any atom is 0.0950 e. The predicted molar refractivity (Wildman–Crippen MR) is 67.4 cm³/mol. The van der Waals surface area contributed by atoms with Crippen LogP contribution in [0.3, 0.4) is 0 Å². The maximum absolute atomic E-state index is 4.40. The molecule has 0 atom stereocenters. The molecule has 0 unspecified atom stereocenters. The molecule has 0 aliphatic rings. The molecule has 3 aromatic rings. The van der Waals surface area contributed by atoms with Crippen molar-refractivity contribution in [3.8, 4) is 22.5 Å². The Balaban J connectivity index is 0.00000120. The summed E-state index contributed by atoms with van der Waals surface area (Å²) in [7, 11) is 1.96. The summed E-state index contributed by atoms with van der Waals surface area (Å²) in [6.45, 7) is 0. The van der Waals surface area contributed by atoms with Gasteiger partial charge < -0.3 is 9.55 Å². The molecule has 1 aromatic carbocycles. The fourth-order valence-electron chi connectivity index (χ4n) is 1.92. The van der Waals surface area contributed by atoms with Gasteiger partial charge in [-0.2, -0.15) is 6.20 Å². The first kappa shape index (κ1) is 12.8. The van der Waals surface area contributed by atoms with Gasteiger partial charge in [-0.3, -0.25) is 0 Å². The summed E-state index contributed by atoms with van der Waals surface area (Å²) < 4.78 is 1.93. The molecule has 0 aliphatic heterocycles. The summed E-state index contributed by atoms with van der Waals surface area (Å²) >= 11 is 0. The van der Waals surface area contributed by atoms with Crippen LogP contribution >= 0.6 is 0 Å². The van der Waals surface area contributed by atoms with Gasteiger partial charge in [-0.05, 0) is 11.1 Å². The summed E-state index contributed by atoms with van der Waals surface area (Å²) in [5.41, 5.74) is 4.16. The Morgan fingerprint density at radius 2 is 1.89 bits per heavy atom. The number of hydrogen-bond donors (Lipinski definition) is 0. The molecule has 94 valence electrons. The van der Waals surface area contributed by atoms with Crippen molar-refractivity contribution in [1.29, 1.82) is 0 Å². The zero-order valence-electron chi connectivity index (χ0n) is 9.85. The first-order chi connectivity index (χ1) is 8.34. The van der Waals surface area contributed by atoms with Gasteiger partial charge in [0.15, 0.2) is 0 Å². The molecule has 0 bridgehead atoms. The Kier molecular flexibility index (Phi) is 3.83. The molecule has 0 saturated heterocycles. The van der Waals surface area contributed by atoms with Crippen molar-refractivity contribution in [2.75, 3.05) is 0 Å². The van der Waals surface area contributed by atoms with E-state index in [2.05, 4.69) is 22.1 Å². The number of benzene rings is 1. The van der Waals surface area contributed by atoms with Crippen molar-refractivity contribution in [3.05, 3.63) is 55.1 Å². The fraction of sp³-hybridized carbons (Fsp3) is 0.0714. The minimum absolute atomic E-state index is 0. The molecule has 0 aliphatic carbocycles. The Hall–Kier alpha value is -1.60. The molecular weight excluding hydrogens is 405 g/mol. The molecule has 2 aromatic heterocycles. The van der Waals surface area contributed by atoms with E-state index in [1.165, 1.54) is 5.56 Å². The fourth-order valence-corrected chi connectivity index (χ4v) is 1.92. The topological polar surface area (TPSA) is 31.9 Å². The summed E-state index contributed by atoms with van der Waals surface area (Å²) in [6.07, 6.45) is 5.60. The Morgan fingerprint density at radius 1 is 1.11 bits per heavy atom. The monoisotopic (exact) mass is 417 g/mol. The second-order valence-corrected chi connectivity index (χ2v) is 4.00. The van der Waals surface area contributed by atoms with E-state index in [-0.39, 0.29) is 21.1 Å². The average molecular weight is 417 g/mol. The van der Waals surface area contributed by atoms with Gasteiger partial charge in [-0.25, -0.2) is 4.98 Å². The maximum atomic E-state index is 4.40.